The number of esters is 2. The standard InChI is InChI=1S/C19H16N2O7S2/c1-3-28-17(24)8-4-6-9(7-5-8)21-15(22)10-11(18(25)27-2)12-14(20-19(26)30-12)29-13(10)16(21)23/h4-7,10-11,13H,3H2,1-2H3,(H,20,26)/t10-,11+,13-/m1/s1. The third-order valence-corrected chi connectivity index (χ3v) is 7.32. The maximum absolute atomic E-state index is 13.2. The topological polar surface area (TPSA) is 123 Å². The van der Waals surface area contributed by atoms with Gasteiger partial charge in [-0.3, -0.25) is 19.2 Å². The monoisotopic (exact) mass is 448 g/mol. The fraction of sp³-hybridized carbons (Fsp3) is 0.316. The summed E-state index contributed by atoms with van der Waals surface area (Å²) >= 11 is 1.90. The van der Waals surface area contributed by atoms with Crippen LogP contribution in [0.15, 0.2) is 34.1 Å². The van der Waals surface area contributed by atoms with E-state index in [-0.39, 0.29) is 17.2 Å². The minimum atomic E-state index is -1.04. The van der Waals surface area contributed by atoms with Crippen LogP contribution < -0.4 is 9.77 Å². The molecule has 2 aliphatic rings. The third kappa shape index (κ3) is 3.14. The van der Waals surface area contributed by atoms with Crippen LogP contribution in [0.1, 0.15) is 28.1 Å². The van der Waals surface area contributed by atoms with Gasteiger partial charge in [-0.1, -0.05) is 23.1 Å². The second kappa shape index (κ2) is 7.73. The Morgan fingerprint density at radius 2 is 1.83 bits per heavy atom. The van der Waals surface area contributed by atoms with E-state index >= 15 is 0 Å². The molecular formula is C19H16N2O7S2. The van der Waals surface area contributed by atoms with Crippen molar-refractivity contribution < 1.29 is 28.7 Å². The zero-order chi connectivity index (χ0) is 21.6. The first-order valence-electron chi connectivity index (χ1n) is 8.99. The molecule has 0 bridgehead atoms. The average Bonchev–Trinajstić information content (AvgIpc) is 3.22. The summed E-state index contributed by atoms with van der Waals surface area (Å²) in [7, 11) is 1.20. The number of aromatic amines is 1. The molecule has 156 valence electrons. The normalized spacial score (nSPS) is 22.5. The van der Waals surface area contributed by atoms with E-state index in [2.05, 4.69) is 4.98 Å². The first-order valence-corrected chi connectivity index (χ1v) is 10.7. The Morgan fingerprint density at radius 1 is 1.13 bits per heavy atom. The number of thiazole rings is 1. The summed E-state index contributed by atoms with van der Waals surface area (Å²) in [5.74, 6) is -4.26. The van der Waals surface area contributed by atoms with Crippen molar-refractivity contribution in [2.24, 2.45) is 5.92 Å². The number of thioether (sulfide) groups is 1. The molecule has 1 aromatic heterocycles. The lowest BCUT2D eigenvalue weighted by Crippen LogP contribution is -2.35. The van der Waals surface area contributed by atoms with E-state index in [0.717, 1.165) is 28.0 Å². The van der Waals surface area contributed by atoms with Crippen LogP contribution in [0.2, 0.25) is 0 Å². The van der Waals surface area contributed by atoms with Crippen LogP contribution in [-0.2, 0) is 23.9 Å². The van der Waals surface area contributed by atoms with Gasteiger partial charge in [-0.05, 0) is 31.2 Å². The van der Waals surface area contributed by atoms with Gasteiger partial charge in [0.05, 0.1) is 40.8 Å². The number of hydrogen-bond acceptors (Lipinski definition) is 9. The molecule has 2 amide bonds. The van der Waals surface area contributed by atoms with Crippen molar-refractivity contribution in [1.82, 2.24) is 4.98 Å². The van der Waals surface area contributed by atoms with E-state index in [0.29, 0.717) is 15.5 Å². The number of hydrogen-bond donors (Lipinski definition) is 1. The summed E-state index contributed by atoms with van der Waals surface area (Å²) in [6.07, 6.45) is 0. The molecule has 3 atom stereocenters. The SMILES string of the molecule is CCOC(=O)c1ccc(N2C(=O)[C@@H]3[C@H](C(=O)OC)c4sc(=O)[nH]c4S[C@H]3C2=O)cc1. The summed E-state index contributed by atoms with van der Waals surface area (Å²) in [6.45, 7) is 1.92. The number of nitrogens with one attached hydrogen (secondary N) is 1. The molecule has 0 radical (unpaired) electrons. The van der Waals surface area contributed by atoms with Crippen molar-refractivity contribution in [3.8, 4) is 0 Å². The Morgan fingerprint density at radius 3 is 2.47 bits per heavy atom. The fourth-order valence-electron chi connectivity index (χ4n) is 3.61. The lowest BCUT2D eigenvalue weighted by atomic mass is 9.89. The van der Waals surface area contributed by atoms with Crippen LogP contribution in [0.4, 0.5) is 5.69 Å². The number of imide groups is 1. The molecule has 9 nitrogen and oxygen atoms in total. The van der Waals surface area contributed by atoms with Crippen LogP contribution in [0.3, 0.4) is 0 Å². The molecule has 1 saturated heterocycles. The quantitative estimate of drug-likeness (QED) is 0.552. The van der Waals surface area contributed by atoms with E-state index < -0.39 is 40.8 Å². The van der Waals surface area contributed by atoms with E-state index in [9.17, 15) is 24.0 Å². The number of anilines is 1. The van der Waals surface area contributed by atoms with Gasteiger partial charge in [0.15, 0.2) is 0 Å². The number of nitrogens with zero attached hydrogens (tertiary/aromatic N) is 1. The number of ether oxygens (including phenoxy) is 2. The molecule has 1 fully saturated rings. The highest BCUT2D eigenvalue weighted by molar-refractivity contribution is 8.00. The number of carbonyl (C=O) groups excluding carboxylic acids is 4. The Bertz CT molecular complexity index is 1100. The first-order chi connectivity index (χ1) is 14.4. The fourth-order valence-corrected chi connectivity index (χ4v) is 6.09. The van der Waals surface area contributed by atoms with E-state index in [1.165, 1.54) is 31.4 Å². The molecule has 0 unspecified atom stereocenters. The molecule has 4 rings (SSSR count). The summed E-state index contributed by atoms with van der Waals surface area (Å²) in [5, 5.41) is -0.466. The lowest BCUT2D eigenvalue weighted by Gasteiger charge is -2.27. The molecule has 0 spiro atoms. The van der Waals surface area contributed by atoms with Gasteiger partial charge in [-0.25, -0.2) is 9.69 Å². The number of carbonyl (C=O) groups is 4. The number of amides is 2. The van der Waals surface area contributed by atoms with Gasteiger partial charge in [0.2, 0.25) is 11.8 Å². The maximum atomic E-state index is 13.2. The number of rotatable bonds is 4. The van der Waals surface area contributed by atoms with Gasteiger partial charge in [-0.15, -0.1) is 0 Å². The predicted molar refractivity (Wildman–Crippen MR) is 108 cm³/mol. The van der Waals surface area contributed by atoms with Crippen molar-refractivity contribution in [3.63, 3.8) is 0 Å². The van der Waals surface area contributed by atoms with Gasteiger partial charge >= 0.3 is 16.8 Å². The van der Waals surface area contributed by atoms with Crippen molar-refractivity contribution in [1.29, 1.82) is 0 Å². The average molecular weight is 448 g/mol. The Balaban J connectivity index is 1.70. The zero-order valence-corrected chi connectivity index (χ0v) is 17.5. The van der Waals surface area contributed by atoms with Crippen molar-refractivity contribution in [3.05, 3.63) is 44.4 Å². The Labute approximate surface area is 178 Å². The van der Waals surface area contributed by atoms with Crippen LogP contribution in [-0.4, -0.2) is 47.7 Å². The highest BCUT2D eigenvalue weighted by Gasteiger charge is 2.58. The Kier molecular flexibility index (Phi) is 5.24. The zero-order valence-electron chi connectivity index (χ0n) is 15.9. The molecule has 0 saturated carbocycles. The van der Waals surface area contributed by atoms with E-state index in [1.54, 1.807) is 6.92 Å². The second-order valence-electron chi connectivity index (χ2n) is 6.55. The van der Waals surface area contributed by atoms with Crippen LogP contribution in [0.5, 0.6) is 0 Å². The van der Waals surface area contributed by atoms with Crippen molar-refractivity contribution in [2.75, 3.05) is 18.6 Å². The smallest absolute Gasteiger partial charge is 0.338 e. The van der Waals surface area contributed by atoms with Crippen molar-refractivity contribution in [2.45, 2.75) is 23.1 Å². The number of methoxy groups -OCH3 is 1. The molecule has 2 aromatic rings. The summed E-state index contributed by atoms with van der Waals surface area (Å²) in [5.41, 5.74) is 0.576. The predicted octanol–water partition coefficient (Wildman–Crippen LogP) is 1.53. The molecule has 11 heteroatoms. The number of benzene rings is 1. The minimum absolute atomic E-state index is 0.228. The largest absolute Gasteiger partial charge is 0.469 e. The summed E-state index contributed by atoms with van der Waals surface area (Å²) in [6, 6.07) is 5.90. The summed E-state index contributed by atoms with van der Waals surface area (Å²) in [4.78, 5) is 66.1. The third-order valence-electron chi connectivity index (χ3n) is 4.92. The highest BCUT2D eigenvalue weighted by atomic mass is 32.2. The van der Waals surface area contributed by atoms with Crippen LogP contribution in [0, 0.1) is 5.92 Å². The van der Waals surface area contributed by atoms with Gasteiger partial charge < -0.3 is 14.5 Å². The minimum Gasteiger partial charge on any atom is -0.469 e. The van der Waals surface area contributed by atoms with Crippen molar-refractivity contribution >= 4 is 52.5 Å². The molecule has 2 aliphatic heterocycles. The number of H-pyrrole nitrogens is 1. The molecule has 30 heavy (non-hydrogen) atoms. The molecule has 3 heterocycles. The van der Waals surface area contributed by atoms with Gasteiger partial charge in [0, 0.05) is 0 Å². The summed E-state index contributed by atoms with van der Waals surface area (Å²) < 4.78 is 9.80. The van der Waals surface area contributed by atoms with E-state index in [4.69, 9.17) is 9.47 Å². The number of aromatic nitrogens is 1. The van der Waals surface area contributed by atoms with Gasteiger partial charge in [0.25, 0.3) is 0 Å². The van der Waals surface area contributed by atoms with Crippen LogP contribution in [0.25, 0.3) is 0 Å². The molecular weight excluding hydrogens is 432 g/mol. The number of fused-ring (bicyclic) bond motifs is 2. The van der Waals surface area contributed by atoms with E-state index in [1.807, 2.05) is 0 Å². The van der Waals surface area contributed by atoms with Gasteiger partial charge in [-0.2, -0.15) is 0 Å². The first kappa shape index (κ1) is 20.4. The molecule has 1 aromatic carbocycles. The highest BCUT2D eigenvalue weighted by Crippen LogP contribution is 2.51. The lowest BCUT2D eigenvalue weighted by molar-refractivity contribution is -0.145. The Hall–Kier alpha value is -2.92. The van der Waals surface area contributed by atoms with Crippen LogP contribution >= 0.6 is 23.1 Å². The molecule has 1 N–H and O–H groups in total. The van der Waals surface area contributed by atoms with Gasteiger partial charge in [0.1, 0.15) is 11.2 Å². The molecule has 0 aliphatic carbocycles. The second-order valence-corrected chi connectivity index (χ2v) is 8.72. The maximum Gasteiger partial charge on any atom is 0.338 e.